The molecule has 1 aromatic carbocycles. The minimum atomic E-state index is -1.51. The van der Waals surface area contributed by atoms with Crippen LogP contribution in [-0.4, -0.2) is 33.8 Å². The van der Waals surface area contributed by atoms with E-state index in [0.717, 1.165) is 6.07 Å². The highest BCUT2D eigenvalue weighted by Gasteiger charge is 2.25. The Balaban J connectivity index is 2.90. The molecule has 0 aromatic heterocycles. The number of hydrogen-bond donors (Lipinski definition) is 3. The summed E-state index contributed by atoms with van der Waals surface area (Å²) in [6, 6.07) is 3.51. The Hall–Kier alpha value is -2.19. The number of rotatable bonds is 6. The maximum atomic E-state index is 11.2. The summed E-state index contributed by atoms with van der Waals surface area (Å²) in [5.41, 5.74) is 5.43. The summed E-state index contributed by atoms with van der Waals surface area (Å²) in [6.07, 6.45) is -3.41. The number of carbonyl (C=O) groups excluding carboxylic acids is 1. The monoisotopic (exact) mass is 284 g/mol. The molecule has 0 saturated carbocycles. The topological polar surface area (TPSA) is 136 Å². The van der Waals surface area contributed by atoms with Crippen LogP contribution in [0.5, 0.6) is 0 Å². The van der Waals surface area contributed by atoms with Crippen molar-refractivity contribution in [2.75, 3.05) is 12.3 Å². The largest absolute Gasteiger partial charge is 0.466 e. The Morgan fingerprint density at radius 1 is 1.50 bits per heavy atom. The summed E-state index contributed by atoms with van der Waals surface area (Å²) in [4.78, 5) is 21.2. The van der Waals surface area contributed by atoms with Crippen LogP contribution in [0.15, 0.2) is 18.2 Å². The smallest absolute Gasteiger partial charge is 0.308 e. The fourth-order valence-corrected chi connectivity index (χ4v) is 1.64. The summed E-state index contributed by atoms with van der Waals surface area (Å²) in [5.74, 6) is -0.678. The molecule has 20 heavy (non-hydrogen) atoms. The first kappa shape index (κ1) is 15.9. The van der Waals surface area contributed by atoms with Crippen molar-refractivity contribution in [1.29, 1.82) is 0 Å². The molecule has 0 amide bonds. The highest BCUT2D eigenvalue weighted by molar-refractivity contribution is 5.70. The van der Waals surface area contributed by atoms with E-state index in [0.29, 0.717) is 0 Å². The van der Waals surface area contributed by atoms with E-state index in [-0.39, 0.29) is 23.5 Å². The predicted molar refractivity (Wildman–Crippen MR) is 69.7 cm³/mol. The molecule has 2 atom stereocenters. The quantitative estimate of drug-likeness (QED) is 0.300. The van der Waals surface area contributed by atoms with Crippen LogP contribution in [0.1, 0.15) is 25.0 Å². The second-order valence-corrected chi connectivity index (χ2v) is 4.09. The maximum absolute atomic E-state index is 11.2. The van der Waals surface area contributed by atoms with Gasteiger partial charge in [-0.25, -0.2) is 0 Å². The van der Waals surface area contributed by atoms with Gasteiger partial charge >= 0.3 is 5.97 Å². The Morgan fingerprint density at radius 3 is 2.70 bits per heavy atom. The van der Waals surface area contributed by atoms with Crippen molar-refractivity contribution in [2.24, 2.45) is 0 Å². The number of benzene rings is 1. The molecular formula is C12H16N2O6. The number of carbonyl (C=O) groups is 1. The maximum Gasteiger partial charge on any atom is 0.308 e. The molecule has 1 aromatic rings. The number of aliphatic hydroxyl groups is 2. The Bertz CT molecular complexity index is 505. The van der Waals surface area contributed by atoms with Gasteiger partial charge in [-0.1, -0.05) is 0 Å². The predicted octanol–water partition coefficient (Wildman–Crippen LogP) is 0.525. The normalized spacial score (nSPS) is 13.6. The van der Waals surface area contributed by atoms with Gasteiger partial charge in [-0.2, -0.15) is 0 Å². The van der Waals surface area contributed by atoms with Gasteiger partial charge in [0.05, 0.1) is 24.1 Å². The zero-order valence-electron chi connectivity index (χ0n) is 10.9. The zero-order chi connectivity index (χ0) is 15.3. The molecule has 0 aliphatic carbocycles. The van der Waals surface area contributed by atoms with Crippen LogP contribution in [0.3, 0.4) is 0 Å². The molecule has 110 valence electrons. The van der Waals surface area contributed by atoms with Crippen LogP contribution in [0, 0.1) is 10.1 Å². The van der Waals surface area contributed by atoms with Gasteiger partial charge in [-0.3, -0.25) is 14.9 Å². The van der Waals surface area contributed by atoms with Gasteiger partial charge in [-0.05, 0) is 13.0 Å². The highest BCUT2D eigenvalue weighted by Crippen LogP contribution is 2.28. The molecule has 0 radical (unpaired) electrons. The van der Waals surface area contributed by atoms with E-state index >= 15 is 0 Å². The van der Waals surface area contributed by atoms with E-state index in [1.54, 1.807) is 6.92 Å². The molecule has 8 heteroatoms. The van der Waals surface area contributed by atoms with Crippen molar-refractivity contribution in [3.05, 3.63) is 33.9 Å². The molecule has 8 nitrogen and oxygen atoms in total. The third-order valence-corrected chi connectivity index (χ3v) is 2.65. The van der Waals surface area contributed by atoms with Crippen molar-refractivity contribution in [3.63, 3.8) is 0 Å². The van der Waals surface area contributed by atoms with Crippen LogP contribution in [0.4, 0.5) is 11.4 Å². The molecule has 1 rings (SSSR count). The van der Waals surface area contributed by atoms with Crippen molar-refractivity contribution in [3.8, 4) is 0 Å². The van der Waals surface area contributed by atoms with Gasteiger partial charge in [0.2, 0.25) is 0 Å². The van der Waals surface area contributed by atoms with Crippen LogP contribution in [-0.2, 0) is 9.53 Å². The summed E-state index contributed by atoms with van der Waals surface area (Å²) >= 11 is 0. The fraction of sp³-hybridized carbons (Fsp3) is 0.417. The van der Waals surface area contributed by atoms with Crippen molar-refractivity contribution < 1.29 is 24.7 Å². The van der Waals surface area contributed by atoms with Gasteiger partial charge in [-0.15, -0.1) is 0 Å². The molecular weight excluding hydrogens is 268 g/mol. The molecule has 0 heterocycles. The molecule has 0 saturated heterocycles. The number of nitrogens with zero attached hydrogens (tertiary/aromatic N) is 1. The second kappa shape index (κ2) is 6.83. The van der Waals surface area contributed by atoms with Gasteiger partial charge in [0.1, 0.15) is 6.10 Å². The lowest BCUT2D eigenvalue weighted by atomic mass is 10.00. The van der Waals surface area contributed by atoms with Gasteiger partial charge < -0.3 is 20.7 Å². The van der Waals surface area contributed by atoms with Crippen molar-refractivity contribution >= 4 is 17.3 Å². The van der Waals surface area contributed by atoms with E-state index in [4.69, 9.17) is 5.73 Å². The molecule has 0 bridgehead atoms. The van der Waals surface area contributed by atoms with Crippen molar-refractivity contribution in [1.82, 2.24) is 0 Å². The number of nitrogens with two attached hydrogens (primary N) is 1. The summed E-state index contributed by atoms with van der Waals surface area (Å²) in [7, 11) is 0. The first-order valence-electron chi connectivity index (χ1n) is 5.92. The number of esters is 1. The number of non-ortho nitro benzene ring substituents is 1. The number of nitro benzene ring substituents is 1. The summed E-state index contributed by atoms with van der Waals surface area (Å²) in [6.45, 7) is 1.76. The Kier molecular flexibility index (Phi) is 5.42. The number of anilines is 1. The van der Waals surface area contributed by atoms with Gasteiger partial charge in [0.25, 0.3) is 5.69 Å². The van der Waals surface area contributed by atoms with Crippen LogP contribution >= 0.6 is 0 Å². The SMILES string of the molecule is CCOC(=O)CC(O)C(O)c1cc([N+](=O)[O-])ccc1N. The second-order valence-electron chi connectivity index (χ2n) is 4.09. The van der Waals surface area contributed by atoms with E-state index in [1.807, 2.05) is 0 Å². The van der Waals surface area contributed by atoms with Crippen LogP contribution in [0.2, 0.25) is 0 Å². The third-order valence-electron chi connectivity index (χ3n) is 2.65. The van der Waals surface area contributed by atoms with Crippen LogP contribution < -0.4 is 5.73 Å². The standard InChI is InChI=1S/C12H16N2O6/c1-2-20-11(16)6-10(15)12(17)8-5-7(14(18)19)3-4-9(8)13/h3-5,10,12,15,17H,2,6,13H2,1H3. The first-order valence-corrected chi connectivity index (χ1v) is 5.92. The van der Waals surface area contributed by atoms with E-state index < -0.39 is 29.5 Å². The van der Waals surface area contributed by atoms with Crippen LogP contribution in [0.25, 0.3) is 0 Å². The first-order chi connectivity index (χ1) is 9.36. The van der Waals surface area contributed by atoms with Gasteiger partial charge in [0, 0.05) is 23.4 Å². The van der Waals surface area contributed by atoms with E-state index in [9.17, 15) is 25.1 Å². The molecule has 0 aliphatic heterocycles. The lowest BCUT2D eigenvalue weighted by Gasteiger charge is -2.18. The molecule has 4 N–H and O–H groups in total. The summed E-state index contributed by atoms with van der Waals surface area (Å²) in [5, 5.41) is 30.3. The average Bonchev–Trinajstić information content (AvgIpc) is 2.38. The average molecular weight is 284 g/mol. The molecule has 0 fully saturated rings. The molecule has 2 unspecified atom stereocenters. The number of nitro groups is 1. The fourth-order valence-electron chi connectivity index (χ4n) is 1.64. The van der Waals surface area contributed by atoms with Gasteiger partial charge in [0.15, 0.2) is 0 Å². The van der Waals surface area contributed by atoms with Crippen molar-refractivity contribution in [2.45, 2.75) is 25.6 Å². The lowest BCUT2D eigenvalue weighted by molar-refractivity contribution is -0.385. The Morgan fingerprint density at radius 2 is 2.15 bits per heavy atom. The zero-order valence-corrected chi connectivity index (χ0v) is 10.9. The highest BCUT2D eigenvalue weighted by atomic mass is 16.6. The number of aliphatic hydroxyl groups excluding tert-OH is 2. The Labute approximate surface area is 114 Å². The molecule has 0 spiro atoms. The minimum absolute atomic E-state index is 0.00371. The minimum Gasteiger partial charge on any atom is -0.466 e. The van der Waals surface area contributed by atoms with E-state index in [2.05, 4.69) is 4.74 Å². The number of hydrogen-bond acceptors (Lipinski definition) is 7. The number of nitrogen functional groups attached to an aromatic ring is 1. The third kappa shape index (κ3) is 3.90. The number of ether oxygens (including phenoxy) is 1. The van der Waals surface area contributed by atoms with E-state index in [1.165, 1.54) is 12.1 Å². The molecule has 0 aliphatic rings. The lowest BCUT2D eigenvalue weighted by Crippen LogP contribution is -2.24. The summed E-state index contributed by atoms with van der Waals surface area (Å²) < 4.78 is 4.64.